The van der Waals surface area contributed by atoms with Crippen molar-refractivity contribution >= 4 is 17.2 Å². The summed E-state index contributed by atoms with van der Waals surface area (Å²) in [7, 11) is 0. The highest BCUT2D eigenvalue weighted by Gasteiger charge is 2.28. The van der Waals surface area contributed by atoms with E-state index < -0.39 is 40.6 Å². The maximum absolute atomic E-state index is 14.4. The lowest BCUT2D eigenvalue weighted by Crippen LogP contribution is -2.24. The molecular weight excluding hydrogens is 573 g/mol. The van der Waals surface area contributed by atoms with E-state index in [-0.39, 0.29) is 28.6 Å². The van der Waals surface area contributed by atoms with Crippen LogP contribution in [0.3, 0.4) is 0 Å². The van der Waals surface area contributed by atoms with Crippen molar-refractivity contribution < 1.29 is 40.3 Å². The van der Waals surface area contributed by atoms with Crippen molar-refractivity contribution in [2.45, 2.75) is 71.4 Å². The molecule has 230 valence electrons. The number of halogens is 7. The monoisotopic (exact) mass is 606 g/mol. The fourth-order valence-electron chi connectivity index (χ4n) is 6.20. The first-order valence-electron chi connectivity index (χ1n) is 14.5. The lowest BCUT2D eigenvalue weighted by Gasteiger charge is -2.36. The number of alkyl halides is 3. The van der Waals surface area contributed by atoms with Gasteiger partial charge in [0.1, 0.15) is 29.0 Å². The highest BCUT2D eigenvalue weighted by molar-refractivity contribution is 5.89. The highest BCUT2D eigenvalue weighted by atomic mass is 19.4. The first-order chi connectivity index (χ1) is 20.4. The molecule has 43 heavy (non-hydrogen) atoms. The third kappa shape index (κ3) is 8.31. The van der Waals surface area contributed by atoms with Crippen LogP contribution in [0.15, 0.2) is 36.4 Å². The standard InChI is InChI=1S/C20H7F7O2.C14H26/c21-15-6-11-5-10(18-16(22)7-12(29-9-28)8-17(18)23)1-2-13(11)19(24)14(15)3-4-20(25,26)27;1-11-3-7-13(8-4-11)14-9-5-12(2)6-10-14/h1-2,5-9H;11-14H,3-10H2,1-2H3. The van der Waals surface area contributed by atoms with Crippen molar-refractivity contribution in [3.8, 4) is 28.7 Å². The molecule has 0 heterocycles. The van der Waals surface area contributed by atoms with E-state index in [1.807, 2.05) is 0 Å². The molecule has 0 aliphatic heterocycles. The number of rotatable bonds is 4. The first-order valence-corrected chi connectivity index (χ1v) is 14.5. The molecule has 0 N–H and O–H groups in total. The lowest BCUT2D eigenvalue weighted by molar-refractivity contribution is -0.120. The summed E-state index contributed by atoms with van der Waals surface area (Å²) >= 11 is 0. The second-order valence-corrected chi connectivity index (χ2v) is 11.7. The van der Waals surface area contributed by atoms with Crippen molar-refractivity contribution in [1.82, 2.24) is 0 Å². The van der Waals surface area contributed by atoms with Crippen LogP contribution >= 0.6 is 0 Å². The van der Waals surface area contributed by atoms with Gasteiger partial charge in [0, 0.05) is 23.4 Å². The Balaban J connectivity index is 0.000000251. The van der Waals surface area contributed by atoms with Crippen LogP contribution in [0.1, 0.15) is 70.8 Å². The van der Waals surface area contributed by atoms with Crippen LogP contribution in [0.2, 0.25) is 0 Å². The van der Waals surface area contributed by atoms with Gasteiger partial charge in [-0.15, -0.1) is 0 Å². The smallest absolute Gasteiger partial charge is 0.429 e. The van der Waals surface area contributed by atoms with E-state index in [4.69, 9.17) is 0 Å². The predicted octanol–water partition coefficient (Wildman–Crippen LogP) is 10.2. The fourth-order valence-corrected chi connectivity index (χ4v) is 6.20. The van der Waals surface area contributed by atoms with Crippen molar-refractivity contribution in [2.75, 3.05) is 0 Å². The topological polar surface area (TPSA) is 26.3 Å². The number of ether oxygens (including phenoxy) is 1. The average molecular weight is 607 g/mol. The molecule has 0 aromatic heterocycles. The molecule has 3 aromatic carbocycles. The number of hydrogen-bond donors (Lipinski definition) is 0. The SMILES string of the molecule is CC1CCC(C2CCC(C)CC2)CC1.O=COc1cc(F)c(-c2ccc3c(F)c(C#CC(F)(F)F)c(F)cc3c2)c(F)c1. The summed E-state index contributed by atoms with van der Waals surface area (Å²) in [6.45, 7) is 4.84. The van der Waals surface area contributed by atoms with Crippen LogP contribution in [-0.2, 0) is 4.79 Å². The molecule has 5 rings (SSSR count). The molecule has 0 amide bonds. The molecule has 0 atom stereocenters. The number of benzene rings is 3. The second-order valence-electron chi connectivity index (χ2n) is 11.7. The van der Waals surface area contributed by atoms with Gasteiger partial charge in [0.25, 0.3) is 6.47 Å². The van der Waals surface area contributed by atoms with E-state index in [2.05, 4.69) is 18.6 Å². The normalized spacial score (nSPS) is 22.2. The average Bonchev–Trinajstić information content (AvgIpc) is 2.93. The van der Waals surface area contributed by atoms with Gasteiger partial charge in [-0.2, -0.15) is 13.2 Å². The van der Waals surface area contributed by atoms with Crippen LogP contribution < -0.4 is 4.74 Å². The third-order valence-corrected chi connectivity index (χ3v) is 8.63. The van der Waals surface area contributed by atoms with Gasteiger partial charge < -0.3 is 4.74 Å². The van der Waals surface area contributed by atoms with Gasteiger partial charge in [0.2, 0.25) is 0 Å². The molecular formula is C34H33F7O2. The second kappa shape index (κ2) is 13.8. The van der Waals surface area contributed by atoms with Crippen LogP contribution in [-0.4, -0.2) is 12.6 Å². The molecule has 0 spiro atoms. The Kier molecular flexibility index (Phi) is 10.4. The molecule has 3 aromatic rings. The Hall–Kier alpha value is -3.54. The summed E-state index contributed by atoms with van der Waals surface area (Å²) in [4.78, 5) is 10.3. The van der Waals surface area contributed by atoms with E-state index in [0.717, 1.165) is 59.9 Å². The minimum absolute atomic E-state index is 0.0191. The van der Waals surface area contributed by atoms with Gasteiger partial charge in [0.05, 0.1) is 11.1 Å². The number of hydrogen-bond acceptors (Lipinski definition) is 2. The van der Waals surface area contributed by atoms with E-state index in [0.29, 0.717) is 6.07 Å². The van der Waals surface area contributed by atoms with Crippen molar-refractivity contribution in [2.24, 2.45) is 23.7 Å². The van der Waals surface area contributed by atoms with Gasteiger partial charge in [-0.1, -0.05) is 57.6 Å². The number of carbonyl (C=O) groups excluding carboxylic acids is 1. The molecule has 0 radical (unpaired) electrons. The van der Waals surface area contributed by atoms with Crippen molar-refractivity contribution in [3.05, 3.63) is 65.2 Å². The minimum Gasteiger partial charge on any atom is -0.429 e. The summed E-state index contributed by atoms with van der Waals surface area (Å²) in [5, 5.41) is -0.439. The quantitative estimate of drug-likeness (QED) is 0.168. The third-order valence-electron chi connectivity index (χ3n) is 8.63. The highest BCUT2D eigenvalue weighted by Crippen LogP contribution is 2.41. The zero-order valence-electron chi connectivity index (χ0n) is 24.0. The van der Waals surface area contributed by atoms with Crippen molar-refractivity contribution in [3.63, 3.8) is 0 Å². The Labute approximate surface area is 246 Å². The summed E-state index contributed by atoms with van der Waals surface area (Å²) < 4.78 is 97.9. The summed E-state index contributed by atoms with van der Waals surface area (Å²) in [5.41, 5.74) is -1.72. The largest absolute Gasteiger partial charge is 0.458 e. The van der Waals surface area contributed by atoms with Gasteiger partial charge in [-0.3, -0.25) is 4.79 Å². The van der Waals surface area contributed by atoms with Crippen molar-refractivity contribution in [1.29, 1.82) is 0 Å². The molecule has 2 nitrogen and oxygen atoms in total. The van der Waals surface area contributed by atoms with Crippen LogP contribution in [0.5, 0.6) is 5.75 Å². The number of carbonyl (C=O) groups is 1. The fraction of sp³-hybridized carbons (Fsp3) is 0.441. The Morgan fingerprint density at radius 3 is 1.79 bits per heavy atom. The summed E-state index contributed by atoms with van der Waals surface area (Å²) in [6.07, 6.45) is 7.27. The number of fused-ring (bicyclic) bond motifs is 1. The summed E-state index contributed by atoms with van der Waals surface area (Å²) in [6, 6.07) is 5.40. The molecule has 0 saturated heterocycles. The lowest BCUT2D eigenvalue weighted by atomic mass is 9.70. The van der Waals surface area contributed by atoms with Gasteiger partial charge in [-0.05, 0) is 72.4 Å². The van der Waals surface area contributed by atoms with E-state index in [9.17, 15) is 35.5 Å². The molecule has 9 heteroatoms. The van der Waals surface area contributed by atoms with Crippen LogP contribution in [0.25, 0.3) is 21.9 Å². The van der Waals surface area contributed by atoms with Gasteiger partial charge in [0.15, 0.2) is 0 Å². The molecule has 2 fully saturated rings. The molecule has 2 aliphatic carbocycles. The molecule has 0 bridgehead atoms. The van der Waals surface area contributed by atoms with E-state index in [1.54, 1.807) is 25.7 Å². The molecule has 2 aliphatic rings. The van der Waals surface area contributed by atoms with Crippen LogP contribution in [0, 0.1) is 58.8 Å². The van der Waals surface area contributed by atoms with Crippen LogP contribution in [0.4, 0.5) is 30.7 Å². The zero-order chi connectivity index (χ0) is 31.3. The predicted molar refractivity (Wildman–Crippen MR) is 151 cm³/mol. The minimum atomic E-state index is -4.94. The van der Waals surface area contributed by atoms with E-state index >= 15 is 0 Å². The molecule has 2 saturated carbocycles. The maximum atomic E-state index is 14.4. The Morgan fingerprint density at radius 1 is 0.767 bits per heavy atom. The maximum Gasteiger partial charge on any atom is 0.458 e. The van der Waals surface area contributed by atoms with E-state index in [1.165, 1.54) is 31.6 Å². The Morgan fingerprint density at radius 2 is 1.30 bits per heavy atom. The zero-order valence-corrected chi connectivity index (χ0v) is 24.0. The summed E-state index contributed by atoms with van der Waals surface area (Å²) in [5.74, 6) is 1.17. The molecule has 0 unspecified atom stereocenters. The van der Waals surface area contributed by atoms with Gasteiger partial charge in [-0.25, -0.2) is 17.6 Å². The van der Waals surface area contributed by atoms with Gasteiger partial charge >= 0.3 is 6.18 Å². The first kappa shape index (κ1) is 32.4. The Bertz CT molecular complexity index is 1460.